The van der Waals surface area contributed by atoms with Crippen LogP contribution < -0.4 is 14.8 Å². The van der Waals surface area contributed by atoms with Gasteiger partial charge in [0.05, 0.1) is 30.3 Å². The molecule has 7 rings (SSSR count). The summed E-state index contributed by atoms with van der Waals surface area (Å²) in [5.74, 6) is 2.02. The van der Waals surface area contributed by atoms with Crippen molar-refractivity contribution in [2.45, 2.75) is 38.3 Å². The molecule has 0 radical (unpaired) electrons. The molecule has 1 amide bonds. The van der Waals surface area contributed by atoms with Crippen LogP contribution in [0.15, 0.2) is 60.7 Å². The molecule has 0 spiro atoms. The Morgan fingerprint density at radius 3 is 2.53 bits per heavy atom. The Morgan fingerprint density at radius 2 is 1.84 bits per heavy atom. The van der Waals surface area contributed by atoms with E-state index in [0.717, 1.165) is 48.8 Å². The topological polar surface area (TPSA) is 129 Å². The number of para-hydroxylation sites is 1. The van der Waals surface area contributed by atoms with Crippen LogP contribution >= 0.6 is 0 Å². The fraction of sp³-hybridized carbons (Fsp3) is 0.364. The third-order valence-electron chi connectivity index (χ3n) is 8.77. The number of hydrogen-bond donors (Lipinski definition) is 1. The predicted molar refractivity (Wildman–Crippen MR) is 175 cm³/mol. The van der Waals surface area contributed by atoms with E-state index in [1.165, 1.54) is 10.6 Å². The van der Waals surface area contributed by atoms with Crippen LogP contribution in [-0.4, -0.2) is 70.8 Å². The number of methoxy groups -OCH3 is 1. The summed E-state index contributed by atoms with van der Waals surface area (Å²) in [6.07, 6.45) is 5.24. The van der Waals surface area contributed by atoms with Crippen molar-refractivity contribution < 1.29 is 17.9 Å². The number of sulfonamides is 1. The summed E-state index contributed by atoms with van der Waals surface area (Å²) >= 11 is 0. The molecule has 12 heteroatoms. The smallest absolute Gasteiger partial charge is 0.254 e. The zero-order valence-electron chi connectivity index (χ0n) is 25.7. The van der Waals surface area contributed by atoms with E-state index in [1.54, 1.807) is 43.5 Å². The number of fused-ring (bicyclic) bond motifs is 2. The summed E-state index contributed by atoms with van der Waals surface area (Å²) in [7, 11) is -0.128. The molecule has 45 heavy (non-hydrogen) atoms. The maximum Gasteiger partial charge on any atom is 0.254 e. The van der Waals surface area contributed by atoms with E-state index in [2.05, 4.69) is 10.6 Å². The Kier molecular flexibility index (Phi) is 7.28. The number of amides is 1. The highest BCUT2D eigenvalue weighted by molar-refractivity contribution is 7.92. The number of benzene rings is 2. The highest BCUT2D eigenvalue weighted by atomic mass is 32.2. The van der Waals surface area contributed by atoms with Gasteiger partial charge in [0.25, 0.3) is 5.91 Å². The SMILES string of the molecule is COc1cc(C(=O)N2CCC[C@@H](N)C2)cc2nc(-c3cc4ccc(N(c5ccccc5)S(C)(=O)=O)nc4n3CC3CC3)n(C)c12. The molecule has 1 aliphatic heterocycles. The molecule has 1 aliphatic carbocycles. The first-order valence-corrected chi connectivity index (χ1v) is 17.1. The van der Waals surface area contributed by atoms with Crippen LogP contribution in [0.5, 0.6) is 5.75 Å². The number of rotatable bonds is 8. The van der Waals surface area contributed by atoms with Gasteiger partial charge in [0.2, 0.25) is 10.0 Å². The number of hydrogen-bond acceptors (Lipinski definition) is 7. The van der Waals surface area contributed by atoms with E-state index in [1.807, 2.05) is 34.7 Å². The third-order valence-corrected chi connectivity index (χ3v) is 9.83. The molecule has 1 atom stereocenters. The summed E-state index contributed by atoms with van der Waals surface area (Å²) in [5, 5.41) is 0.882. The molecule has 2 aromatic carbocycles. The van der Waals surface area contributed by atoms with Gasteiger partial charge in [-0.2, -0.15) is 0 Å². The summed E-state index contributed by atoms with van der Waals surface area (Å²) < 4.78 is 37.2. The third kappa shape index (κ3) is 5.42. The number of nitrogens with two attached hydrogens (primary N) is 1. The monoisotopic (exact) mass is 627 g/mol. The van der Waals surface area contributed by atoms with E-state index in [0.29, 0.717) is 58.8 Å². The Morgan fingerprint density at radius 1 is 1.07 bits per heavy atom. The van der Waals surface area contributed by atoms with Crippen LogP contribution in [0, 0.1) is 5.92 Å². The van der Waals surface area contributed by atoms with Crippen molar-refractivity contribution in [1.82, 2.24) is 24.0 Å². The largest absolute Gasteiger partial charge is 0.494 e. The summed E-state index contributed by atoms with van der Waals surface area (Å²) in [6, 6.07) is 18.3. The van der Waals surface area contributed by atoms with E-state index < -0.39 is 10.0 Å². The molecule has 2 N–H and O–H groups in total. The minimum Gasteiger partial charge on any atom is -0.494 e. The van der Waals surface area contributed by atoms with E-state index in [4.69, 9.17) is 20.4 Å². The van der Waals surface area contributed by atoms with Gasteiger partial charge in [-0.1, -0.05) is 18.2 Å². The van der Waals surface area contributed by atoms with E-state index in [9.17, 15) is 13.2 Å². The number of nitrogens with zero attached hydrogens (tertiary/aromatic N) is 6. The lowest BCUT2D eigenvalue weighted by molar-refractivity contribution is 0.0708. The van der Waals surface area contributed by atoms with Crippen LogP contribution in [0.3, 0.4) is 0 Å². The first-order valence-electron chi connectivity index (χ1n) is 15.3. The number of imidazole rings is 1. The van der Waals surface area contributed by atoms with Crippen molar-refractivity contribution in [2.75, 3.05) is 30.8 Å². The predicted octanol–water partition coefficient (Wildman–Crippen LogP) is 4.67. The van der Waals surface area contributed by atoms with Crippen LogP contribution in [0.25, 0.3) is 33.6 Å². The molecule has 11 nitrogen and oxygen atoms in total. The van der Waals surface area contributed by atoms with Gasteiger partial charge in [-0.25, -0.2) is 22.7 Å². The maximum atomic E-state index is 13.5. The summed E-state index contributed by atoms with van der Waals surface area (Å²) in [6.45, 7) is 1.94. The van der Waals surface area contributed by atoms with Crippen LogP contribution in [-0.2, 0) is 23.6 Å². The van der Waals surface area contributed by atoms with Gasteiger partial charge in [0.1, 0.15) is 22.7 Å². The fourth-order valence-electron chi connectivity index (χ4n) is 6.41. The minimum absolute atomic E-state index is 0.0190. The number of aryl methyl sites for hydroxylation is 1. The normalized spacial score (nSPS) is 17.2. The highest BCUT2D eigenvalue weighted by Crippen LogP contribution is 2.39. The van der Waals surface area contributed by atoms with Crippen LogP contribution in [0.2, 0.25) is 0 Å². The number of pyridine rings is 1. The van der Waals surface area contributed by atoms with E-state index >= 15 is 0 Å². The average Bonchev–Trinajstić information content (AvgIpc) is 3.69. The summed E-state index contributed by atoms with van der Waals surface area (Å²) in [5.41, 5.74) is 10.2. The number of anilines is 2. The molecule has 0 bridgehead atoms. The lowest BCUT2D eigenvalue weighted by Gasteiger charge is -2.30. The second-order valence-electron chi connectivity index (χ2n) is 12.2. The second kappa shape index (κ2) is 11.2. The number of aromatic nitrogens is 4. The maximum absolute atomic E-state index is 13.5. The molecule has 5 aromatic rings. The van der Waals surface area contributed by atoms with E-state index in [-0.39, 0.29) is 11.9 Å². The number of likely N-dealkylation sites (tertiary alicyclic amines) is 1. The molecular weight excluding hydrogens is 590 g/mol. The van der Waals surface area contributed by atoms with Crippen molar-refractivity contribution in [3.8, 4) is 17.3 Å². The standard InChI is InChI=1S/C33H37N7O4S/c1-37-30-26(16-23(18-28(30)44-2)33(41)38-15-7-8-24(34)20-38)35-32(37)27-17-22-13-14-29(36-31(22)39(27)19-21-11-12-21)40(45(3,42)43)25-9-5-4-6-10-25/h4-6,9-10,13-14,16-18,21,24H,7-8,11-12,15,19-20,34H2,1-3H3/t24-/m1/s1. The number of piperidine rings is 1. The van der Waals surface area contributed by atoms with Crippen LogP contribution in [0.4, 0.5) is 11.5 Å². The van der Waals surface area contributed by atoms with Crippen molar-refractivity contribution in [3.05, 3.63) is 66.2 Å². The zero-order valence-corrected chi connectivity index (χ0v) is 26.5. The molecule has 1 saturated carbocycles. The minimum atomic E-state index is -3.67. The molecule has 3 aromatic heterocycles. The molecule has 1 saturated heterocycles. The van der Waals surface area contributed by atoms with Gasteiger partial charge in [-0.05, 0) is 74.1 Å². The highest BCUT2D eigenvalue weighted by Gasteiger charge is 2.29. The van der Waals surface area contributed by atoms with Crippen molar-refractivity contribution in [1.29, 1.82) is 0 Å². The van der Waals surface area contributed by atoms with Gasteiger partial charge >= 0.3 is 0 Å². The fourth-order valence-corrected chi connectivity index (χ4v) is 7.36. The molecule has 4 heterocycles. The van der Waals surface area contributed by atoms with Gasteiger partial charge in [-0.3, -0.25) is 4.79 Å². The van der Waals surface area contributed by atoms with Gasteiger partial charge in [0.15, 0.2) is 5.82 Å². The number of ether oxygens (including phenoxy) is 1. The Balaban J connectivity index is 1.36. The van der Waals surface area contributed by atoms with Gasteiger partial charge in [-0.15, -0.1) is 0 Å². The first kappa shape index (κ1) is 29.3. The molecular formula is C33H37N7O4S. The Bertz CT molecular complexity index is 2030. The number of carbonyl (C=O) groups excluding carboxylic acids is 1. The Labute approximate surface area is 262 Å². The Hall–Kier alpha value is -4.42. The number of carbonyl (C=O) groups is 1. The van der Waals surface area contributed by atoms with Gasteiger partial charge in [0, 0.05) is 43.7 Å². The second-order valence-corrected chi connectivity index (χ2v) is 14.1. The van der Waals surface area contributed by atoms with Gasteiger partial charge < -0.3 is 24.5 Å². The van der Waals surface area contributed by atoms with Crippen molar-refractivity contribution >= 4 is 49.5 Å². The molecule has 2 aliphatic rings. The summed E-state index contributed by atoms with van der Waals surface area (Å²) in [4.78, 5) is 25.3. The molecule has 234 valence electrons. The van der Waals surface area contributed by atoms with Crippen LogP contribution in [0.1, 0.15) is 36.0 Å². The lowest BCUT2D eigenvalue weighted by Crippen LogP contribution is -2.45. The first-order chi connectivity index (χ1) is 21.6. The molecule has 2 fully saturated rings. The van der Waals surface area contributed by atoms with Crippen molar-refractivity contribution in [3.63, 3.8) is 0 Å². The quantitative estimate of drug-likeness (QED) is 0.265. The zero-order chi connectivity index (χ0) is 31.5. The molecule has 0 unspecified atom stereocenters. The lowest BCUT2D eigenvalue weighted by atomic mass is 10.0. The van der Waals surface area contributed by atoms with Crippen molar-refractivity contribution in [2.24, 2.45) is 18.7 Å². The average molecular weight is 628 g/mol.